The van der Waals surface area contributed by atoms with Crippen LogP contribution >= 0.6 is 0 Å². The van der Waals surface area contributed by atoms with E-state index in [1.54, 1.807) is 6.92 Å². The van der Waals surface area contributed by atoms with Crippen molar-refractivity contribution in [2.45, 2.75) is 32.6 Å². The van der Waals surface area contributed by atoms with Gasteiger partial charge in [-0.1, -0.05) is 29.8 Å². The maximum absolute atomic E-state index is 12.8. The Kier molecular flexibility index (Phi) is 4.28. The maximum atomic E-state index is 12.8. The monoisotopic (exact) mass is 310 g/mol. The van der Waals surface area contributed by atoms with E-state index in [-0.39, 0.29) is 11.9 Å². The van der Waals surface area contributed by atoms with Gasteiger partial charge in [0, 0.05) is 25.2 Å². The molecule has 1 aliphatic rings. The predicted molar refractivity (Wildman–Crippen MR) is 90.2 cm³/mol. The van der Waals surface area contributed by atoms with Crippen molar-refractivity contribution in [2.75, 3.05) is 18.8 Å². The summed E-state index contributed by atoms with van der Waals surface area (Å²) in [7, 11) is 0. The molecular formula is C18H22N4O. The summed E-state index contributed by atoms with van der Waals surface area (Å²) in [6.45, 7) is 5.43. The van der Waals surface area contributed by atoms with Gasteiger partial charge in [0.1, 0.15) is 0 Å². The summed E-state index contributed by atoms with van der Waals surface area (Å²) in [4.78, 5) is 22.8. The number of nitrogens with two attached hydrogens (primary N) is 1. The van der Waals surface area contributed by atoms with Crippen molar-refractivity contribution in [3.63, 3.8) is 0 Å². The smallest absolute Gasteiger partial charge is 0.257 e. The number of nitrogen functional groups attached to an aromatic ring is 1. The van der Waals surface area contributed by atoms with Crippen LogP contribution in [-0.4, -0.2) is 33.9 Å². The lowest BCUT2D eigenvalue weighted by atomic mass is 9.89. The van der Waals surface area contributed by atoms with Gasteiger partial charge in [-0.2, -0.15) is 0 Å². The standard InChI is InChI=1S/C18H22N4O/c1-12-5-3-6-14(9-12)15-7-4-8-22(11-15)17(23)16-10-20-18(19)21-13(16)2/h3,5-6,9-10,15H,4,7-8,11H2,1-2H3,(H2,19,20,21). The lowest BCUT2D eigenvalue weighted by Crippen LogP contribution is -2.39. The van der Waals surface area contributed by atoms with Crippen molar-refractivity contribution in [1.29, 1.82) is 0 Å². The highest BCUT2D eigenvalue weighted by molar-refractivity contribution is 5.95. The quantitative estimate of drug-likeness (QED) is 0.925. The fourth-order valence-electron chi connectivity index (χ4n) is 3.22. The SMILES string of the molecule is Cc1cccc(C2CCCN(C(=O)c3cnc(N)nc3C)C2)c1. The molecule has 1 unspecified atom stereocenters. The second-order valence-corrected chi connectivity index (χ2v) is 6.23. The van der Waals surface area contributed by atoms with Crippen LogP contribution in [-0.2, 0) is 0 Å². The minimum Gasteiger partial charge on any atom is -0.368 e. The van der Waals surface area contributed by atoms with Crippen LogP contribution in [0.25, 0.3) is 0 Å². The summed E-state index contributed by atoms with van der Waals surface area (Å²) < 4.78 is 0. The lowest BCUT2D eigenvalue weighted by molar-refractivity contribution is 0.0705. The van der Waals surface area contributed by atoms with Crippen LogP contribution in [0.5, 0.6) is 0 Å². The molecule has 0 saturated carbocycles. The van der Waals surface area contributed by atoms with Gasteiger partial charge in [-0.3, -0.25) is 4.79 Å². The van der Waals surface area contributed by atoms with Gasteiger partial charge in [0.05, 0.1) is 11.3 Å². The van der Waals surface area contributed by atoms with Gasteiger partial charge >= 0.3 is 0 Å². The number of benzene rings is 1. The fourth-order valence-corrected chi connectivity index (χ4v) is 3.22. The molecule has 1 atom stereocenters. The number of rotatable bonds is 2. The molecule has 2 N–H and O–H groups in total. The Labute approximate surface area is 136 Å². The van der Waals surface area contributed by atoms with E-state index in [0.29, 0.717) is 17.2 Å². The van der Waals surface area contributed by atoms with Crippen LogP contribution in [0, 0.1) is 13.8 Å². The van der Waals surface area contributed by atoms with Crippen LogP contribution in [0.3, 0.4) is 0 Å². The summed E-state index contributed by atoms with van der Waals surface area (Å²) in [5, 5.41) is 0. The van der Waals surface area contributed by atoms with E-state index < -0.39 is 0 Å². The third-order valence-corrected chi connectivity index (χ3v) is 4.45. The molecule has 0 aliphatic carbocycles. The van der Waals surface area contributed by atoms with E-state index in [4.69, 9.17) is 5.73 Å². The Bertz CT molecular complexity index is 729. The average Bonchev–Trinajstić information content (AvgIpc) is 2.54. The van der Waals surface area contributed by atoms with Gasteiger partial charge in [0.2, 0.25) is 5.95 Å². The molecule has 1 aliphatic heterocycles. The zero-order valence-corrected chi connectivity index (χ0v) is 13.6. The number of piperidine rings is 1. The topological polar surface area (TPSA) is 72.1 Å². The fraction of sp³-hybridized carbons (Fsp3) is 0.389. The molecule has 1 aromatic heterocycles. The molecule has 120 valence electrons. The van der Waals surface area contributed by atoms with E-state index in [0.717, 1.165) is 25.9 Å². The number of anilines is 1. The summed E-state index contributed by atoms with van der Waals surface area (Å²) in [6, 6.07) is 8.56. The molecule has 0 spiro atoms. The van der Waals surface area contributed by atoms with Crippen LogP contribution in [0.4, 0.5) is 5.95 Å². The van der Waals surface area contributed by atoms with Gasteiger partial charge in [-0.15, -0.1) is 0 Å². The number of hydrogen-bond acceptors (Lipinski definition) is 4. The largest absolute Gasteiger partial charge is 0.368 e. The Morgan fingerprint density at radius 1 is 1.35 bits per heavy atom. The molecule has 1 amide bonds. The molecule has 2 heterocycles. The maximum Gasteiger partial charge on any atom is 0.257 e. The molecule has 1 fully saturated rings. The second-order valence-electron chi connectivity index (χ2n) is 6.23. The first-order chi connectivity index (χ1) is 11.0. The predicted octanol–water partition coefficient (Wildman–Crippen LogP) is 2.70. The zero-order chi connectivity index (χ0) is 16.4. The van der Waals surface area contributed by atoms with Gasteiger partial charge in [0.15, 0.2) is 0 Å². The summed E-state index contributed by atoms with van der Waals surface area (Å²) in [5.74, 6) is 0.595. The third-order valence-electron chi connectivity index (χ3n) is 4.45. The first-order valence-electron chi connectivity index (χ1n) is 7.99. The van der Waals surface area contributed by atoms with Crippen LogP contribution < -0.4 is 5.73 Å². The second kappa shape index (κ2) is 6.36. The van der Waals surface area contributed by atoms with Gasteiger partial charge in [-0.25, -0.2) is 9.97 Å². The average molecular weight is 310 g/mol. The Morgan fingerprint density at radius 2 is 2.17 bits per heavy atom. The van der Waals surface area contributed by atoms with E-state index in [9.17, 15) is 4.79 Å². The van der Waals surface area contributed by atoms with Crippen LogP contribution in [0.15, 0.2) is 30.5 Å². The number of carbonyl (C=O) groups excluding carboxylic acids is 1. The number of likely N-dealkylation sites (tertiary alicyclic amines) is 1. The number of hydrogen-bond donors (Lipinski definition) is 1. The number of aromatic nitrogens is 2. The zero-order valence-electron chi connectivity index (χ0n) is 13.6. The molecule has 23 heavy (non-hydrogen) atoms. The van der Waals surface area contributed by atoms with E-state index in [1.807, 2.05) is 4.90 Å². The summed E-state index contributed by atoms with van der Waals surface area (Å²) >= 11 is 0. The van der Waals surface area contributed by atoms with Crippen LogP contribution in [0.2, 0.25) is 0 Å². The minimum atomic E-state index is -0.000136. The van der Waals surface area contributed by atoms with E-state index >= 15 is 0 Å². The molecule has 0 radical (unpaired) electrons. The van der Waals surface area contributed by atoms with Crippen molar-refractivity contribution in [3.8, 4) is 0 Å². The molecule has 1 aromatic carbocycles. The first kappa shape index (κ1) is 15.5. The number of amides is 1. The van der Waals surface area contributed by atoms with Crippen molar-refractivity contribution in [1.82, 2.24) is 14.9 Å². The van der Waals surface area contributed by atoms with Crippen molar-refractivity contribution in [3.05, 3.63) is 52.8 Å². The highest BCUT2D eigenvalue weighted by Crippen LogP contribution is 2.28. The highest BCUT2D eigenvalue weighted by Gasteiger charge is 2.26. The third kappa shape index (κ3) is 3.33. The first-order valence-corrected chi connectivity index (χ1v) is 7.99. The minimum absolute atomic E-state index is 0.000136. The normalized spacial score (nSPS) is 18.0. The number of aryl methyl sites for hydroxylation is 2. The van der Waals surface area contributed by atoms with E-state index in [2.05, 4.69) is 41.2 Å². The number of nitrogens with zero attached hydrogens (tertiary/aromatic N) is 3. The Balaban J connectivity index is 1.79. The van der Waals surface area contributed by atoms with Gasteiger partial charge in [-0.05, 0) is 32.3 Å². The molecular weight excluding hydrogens is 288 g/mol. The van der Waals surface area contributed by atoms with Gasteiger partial charge in [0.25, 0.3) is 5.91 Å². The van der Waals surface area contributed by atoms with Crippen molar-refractivity contribution < 1.29 is 4.79 Å². The lowest BCUT2D eigenvalue weighted by Gasteiger charge is -2.33. The molecule has 2 aromatic rings. The molecule has 5 nitrogen and oxygen atoms in total. The molecule has 5 heteroatoms. The molecule has 0 bridgehead atoms. The Hall–Kier alpha value is -2.43. The summed E-state index contributed by atoms with van der Waals surface area (Å²) in [5.41, 5.74) is 9.33. The van der Waals surface area contributed by atoms with Crippen molar-refractivity contribution >= 4 is 11.9 Å². The molecule has 3 rings (SSSR count). The summed E-state index contributed by atoms with van der Waals surface area (Å²) in [6.07, 6.45) is 3.67. The van der Waals surface area contributed by atoms with Crippen molar-refractivity contribution in [2.24, 2.45) is 0 Å². The van der Waals surface area contributed by atoms with E-state index in [1.165, 1.54) is 17.3 Å². The van der Waals surface area contributed by atoms with Gasteiger partial charge < -0.3 is 10.6 Å². The number of carbonyl (C=O) groups is 1. The Morgan fingerprint density at radius 3 is 2.91 bits per heavy atom. The highest BCUT2D eigenvalue weighted by atomic mass is 16.2. The van der Waals surface area contributed by atoms with Crippen LogP contribution in [0.1, 0.15) is 45.9 Å². The molecule has 1 saturated heterocycles.